The molecule has 3 aromatic rings. The Morgan fingerprint density at radius 1 is 1.18 bits per heavy atom. The number of thiophene rings is 1. The first-order chi connectivity index (χ1) is 13.5. The number of furan rings is 1. The van der Waals surface area contributed by atoms with Crippen molar-refractivity contribution < 1.29 is 9.21 Å². The molecule has 2 aliphatic heterocycles. The van der Waals surface area contributed by atoms with Crippen LogP contribution in [0.15, 0.2) is 34.7 Å². The largest absolute Gasteiger partial charge is 0.457 e. The minimum absolute atomic E-state index is 0.0513. The summed E-state index contributed by atoms with van der Waals surface area (Å²) >= 11 is 13.8. The highest BCUT2D eigenvalue weighted by Gasteiger charge is 2.33. The summed E-state index contributed by atoms with van der Waals surface area (Å²) in [5, 5.41) is 8.45. The van der Waals surface area contributed by atoms with Crippen molar-refractivity contribution in [2.75, 3.05) is 18.9 Å². The quantitative estimate of drug-likeness (QED) is 0.585. The minimum atomic E-state index is -0.416. The molecule has 4 heterocycles. The number of carbonyl (C=O) groups is 1. The van der Waals surface area contributed by atoms with Gasteiger partial charge in [-0.1, -0.05) is 23.2 Å². The van der Waals surface area contributed by atoms with Gasteiger partial charge in [0.15, 0.2) is 6.17 Å². The number of benzene rings is 1. The molecular formula is C20H17Cl2N3O2S. The van der Waals surface area contributed by atoms with Crippen molar-refractivity contribution in [1.29, 1.82) is 0 Å². The second-order valence-corrected chi connectivity index (χ2v) is 9.08. The molecule has 28 heavy (non-hydrogen) atoms. The number of hydrogen-bond acceptors (Lipinski definition) is 5. The Balaban J connectivity index is 1.45. The fourth-order valence-corrected chi connectivity index (χ4v) is 5.62. The number of fused-ring (bicyclic) bond motifs is 3. The second-order valence-electron chi connectivity index (χ2n) is 7.11. The first kappa shape index (κ1) is 18.1. The zero-order valence-electron chi connectivity index (χ0n) is 15.0. The summed E-state index contributed by atoms with van der Waals surface area (Å²) in [6.07, 6.45) is 0.485. The van der Waals surface area contributed by atoms with Crippen molar-refractivity contribution >= 4 is 45.4 Å². The van der Waals surface area contributed by atoms with Crippen molar-refractivity contribution in [2.24, 2.45) is 0 Å². The number of hydrogen-bond donors (Lipinski definition) is 2. The van der Waals surface area contributed by atoms with Gasteiger partial charge in [-0.15, -0.1) is 11.3 Å². The molecular weight excluding hydrogens is 417 g/mol. The highest BCUT2D eigenvalue weighted by molar-refractivity contribution is 7.16. The fourth-order valence-electron chi connectivity index (χ4n) is 3.75. The van der Waals surface area contributed by atoms with Gasteiger partial charge in [-0.25, -0.2) is 0 Å². The minimum Gasteiger partial charge on any atom is -0.457 e. The van der Waals surface area contributed by atoms with E-state index in [1.807, 2.05) is 12.1 Å². The van der Waals surface area contributed by atoms with E-state index in [0.717, 1.165) is 35.6 Å². The molecule has 0 saturated heterocycles. The first-order valence-corrected chi connectivity index (χ1v) is 10.5. The van der Waals surface area contributed by atoms with Gasteiger partial charge in [-0.05, 0) is 49.4 Å². The predicted octanol–water partition coefficient (Wildman–Crippen LogP) is 5.16. The molecule has 0 spiro atoms. The van der Waals surface area contributed by atoms with Crippen LogP contribution in [0.1, 0.15) is 32.7 Å². The standard InChI is InChI=1S/C20H17Cl2N3O2S/c1-25-5-4-13-16(9-25)28-20-17(13)19(26)23-18(24-20)15-3-2-14(27-15)10-6-11(21)8-12(22)7-10/h2-3,6-8,18,24H,4-5,9H2,1H3,(H,23,26). The highest BCUT2D eigenvalue weighted by atomic mass is 35.5. The number of amides is 1. The average Bonchev–Trinajstić information content (AvgIpc) is 3.25. The lowest BCUT2D eigenvalue weighted by Gasteiger charge is -2.26. The van der Waals surface area contributed by atoms with E-state index in [-0.39, 0.29) is 5.91 Å². The van der Waals surface area contributed by atoms with Crippen LogP contribution in [-0.4, -0.2) is 24.4 Å². The molecule has 144 valence electrons. The molecule has 0 aliphatic carbocycles. The summed E-state index contributed by atoms with van der Waals surface area (Å²) in [6, 6.07) is 8.98. The number of nitrogens with zero attached hydrogens (tertiary/aromatic N) is 1. The molecule has 0 fully saturated rings. The monoisotopic (exact) mass is 433 g/mol. The normalized spacial score (nSPS) is 19.0. The summed E-state index contributed by atoms with van der Waals surface area (Å²) in [6.45, 7) is 1.85. The van der Waals surface area contributed by atoms with Crippen molar-refractivity contribution in [3.8, 4) is 11.3 Å². The lowest BCUT2D eigenvalue weighted by molar-refractivity contribution is 0.0930. The van der Waals surface area contributed by atoms with Gasteiger partial charge < -0.3 is 20.0 Å². The molecule has 0 radical (unpaired) electrons. The zero-order valence-corrected chi connectivity index (χ0v) is 17.3. The molecule has 1 amide bonds. The van der Waals surface area contributed by atoms with E-state index in [2.05, 4.69) is 22.6 Å². The number of carbonyl (C=O) groups excluding carboxylic acids is 1. The lowest BCUT2D eigenvalue weighted by atomic mass is 10.0. The molecule has 0 bridgehead atoms. The van der Waals surface area contributed by atoms with Gasteiger partial charge in [-0.2, -0.15) is 0 Å². The summed E-state index contributed by atoms with van der Waals surface area (Å²) in [7, 11) is 2.10. The number of halogens is 2. The number of rotatable bonds is 2. The number of anilines is 1. The van der Waals surface area contributed by atoms with Crippen LogP contribution < -0.4 is 10.6 Å². The van der Waals surface area contributed by atoms with E-state index < -0.39 is 6.17 Å². The third-order valence-electron chi connectivity index (χ3n) is 5.08. The summed E-state index contributed by atoms with van der Waals surface area (Å²) in [5.74, 6) is 1.23. The van der Waals surface area contributed by atoms with Gasteiger partial charge in [0.05, 0.1) is 5.56 Å². The summed E-state index contributed by atoms with van der Waals surface area (Å²) < 4.78 is 6.00. The van der Waals surface area contributed by atoms with Gasteiger partial charge in [0.1, 0.15) is 16.5 Å². The zero-order chi connectivity index (χ0) is 19.4. The van der Waals surface area contributed by atoms with Gasteiger partial charge in [-0.3, -0.25) is 4.79 Å². The molecule has 5 nitrogen and oxygen atoms in total. The molecule has 1 aromatic carbocycles. The van der Waals surface area contributed by atoms with Gasteiger partial charge >= 0.3 is 0 Å². The Morgan fingerprint density at radius 3 is 2.75 bits per heavy atom. The van der Waals surface area contributed by atoms with Crippen LogP contribution in [0, 0.1) is 0 Å². The smallest absolute Gasteiger partial charge is 0.256 e. The van der Waals surface area contributed by atoms with E-state index in [1.165, 1.54) is 10.4 Å². The van der Waals surface area contributed by atoms with Crippen LogP contribution in [0.4, 0.5) is 5.00 Å². The molecule has 2 aliphatic rings. The highest BCUT2D eigenvalue weighted by Crippen LogP contribution is 2.41. The Hall–Kier alpha value is -1.99. The Kier molecular flexibility index (Phi) is 4.39. The number of nitrogens with one attached hydrogen (secondary N) is 2. The Morgan fingerprint density at radius 2 is 1.96 bits per heavy atom. The summed E-state index contributed by atoms with van der Waals surface area (Å²) in [5.41, 5.74) is 2.76. The van der Waals surface area contributed by atoms with E-state index in [9.17, 15) is 4.79 Å². The van der Waals surface area contributed by atoms with Gasteiger partial charge in [0.2, 0.25) is 0 Å². The molecule has 2 aromatic heterocycles. The third kappa shape index (κ3) is 3.10. The lowest BCUT2D eigenvalue weighted by Crippen LogP contribution is -2.38. The maximum atomic E-state index is 12.8. The predicted molar refractivity (Wildman–Crippen MR) is 112 cm³/mol. The molecule has 2 N–H and O–H groups in total. The maximum absolute atomic E-state index is 12.8. The first-order valence-electron chi connectivity index (χ1n) is 8.94. The van der Waals surface area contributed by atoms with E-state index in [0.29, 0.717) is 21.6 Å². The van der Waals surface area contributed by atoms with Crippen LogP contribution >= 0.6 is 34.5 Å². The van der Waals surface area contributed by atoms with Crippen molar-refractivity contribution in [1.82, 2.24) is 10.2 Å². The van der Waals surface area contributed by atoms with Crippen LogP contribution in [0.25, 0.3) is 11.3 Å². The number of likely N-dealkylation sites (N-methyl/N-ethyl adjacent to an activating group) is 1. The Labute approximate surface area is 176 Å². The summed E-state index contributed by atoms with van der Waals surface area (Å²) in [4.78, 5) is 16.3. The van der Waals surface area contributed by atoms with Crippen molar-refractivity contribution in [3.05, 3.63) is 62.1 Å². The molecule has 5 rings (SSSR count). The second kappa shape index (κ2) is 6.81. The fraction of sp³-hybridized carbons (Fsp3) is 0.250. The van der Waals surface area contributed by atoms with Crippen LogP contribution in [0.3, 0.4) is 0 Å². The SMILES string of the molecule is CN1CCc2c(sc3c2C(=O)NC(c2ccc(-c4cc(Cl)cc(Cl)c4)o2)N3)C1. The van der Waals surface area contributed by atoms with Crippen LogP contribution in [-0.2, 0) is 13.0 Å². The van der Waals surface area contributed by atoms with Crippen molar-refractivity contribution in [3.63, 3.8) is 0 Å². The van der Waals surface area contributed by atoms with E-state index in [1.54, 1.807) is 29.5 Å². The molecule has 0 saturated carbocycles. The van der Waals surface area contributed by atoms with Crippen LogP contribution in [0.5, 0.6) is 0 Å². The maximum Gasteiger partial charge on any atom is 0.256 e. The topological polar surface area (TPSA) is 57.5 Å². The van der Waals surface area contributed by atoms with Gasteiger partial charge in [0.25, 0.3) is 5.91 Å². The van der Waals surface area contributed by atoms with Gasteiger partial charge in [0, 0.05) is 33.6 Å². The molecule has 1 atom stereocenters. The molecule has 8 heteroatoms. The third-order valence-corrected chi connectivity index (χ3v) is 6.67. The van der Waals surface area contributed by atoms with E-state index >= 15 is 0 Å². The van der Waals surface area contributed by atoms with Crippen molar-refractivity contribution in [2.45, 2.75) is 19.1 Å². The molecule has 1 unspecified atom stereocenters. The Bertz CT molecular complexity index is 1070. The van der Waals surface area contributed by atoms with E-state index in [4.69, 9.17) is 27.6 Å². The van der Waals surface area contributed by atoms with Crippen LogP contribution in [0.2, 0.25) is 10.0 Å². The average molecular weight is 434 g/mol.